The highest BCUT2D eigenvalue weighted by Crippen LogP contribution is 2.18. The Labute approximate surface area is 127 Å². The van der Waals surface area contributed by atoms with E-state index in [1.807, 2.05) is 16.5 Å². The first-order valence-corrected chi connectivity index (χ1v) is 7.06. The maximum atomic E-state index is 5.60. The number of aromatic nitrogens is 5. The second-order valence-electron chi connectivity index (χ2n) is 5.40. The van der Waals surface area contributed by atoms with E-state index in [0.717, 1.165) is 5.82 Å². The summed E-state index contributed by atoms with van der Waals surface area (Å²) in [4.78, 5) is 2.04. The van der Waals surface area contributed by atoms with Crippen LogP contribution in [0.2, 0.25) is 0 Å². The van der Waals surface area contributed by atoms with Gasteiger partial charge in [-0.1, -0.05) is 0 Å². The minimum atomic E-state index is 0.326. The number of rotatable bonds is 6. The zero-order valence-electron chi connectivity index (χ0n) is 12.8. The van der Waals surface area contributed by atoms with Gasteiger partial charge in [-0.15, -0.1) is 20.4 Å². The minimum absolute atomic E-state index is 0.326. The van der Waals surface area contributed by atoms with Gasteiger partial charge in [0.15, 0.2) is 5.76 Å². The lowest BCUT2D eigenvalue weighted by Gasteiger charge is -2.16. The third kappa shape index (κ3) is 3.06. The second kappa shape index (κ2) is 6.10. The van der Waals surface area contributed by atoms with Crippen LogP contribution in [-0.4, -0.2) is 36.9 Å². The molecule has 0 aliphatic heterocycles. The predicted octanol–water partition coefficient (Wildman–Crippen LogP) is 2.13. The molecule has 3 heterocycles. The van der Waals surface area contributed by atoms with Crippen LogP contribution in [0.1, 0.15) is 31.6 Å². The van der Waals surface area contributed by atoms with Crippen LogP contribution in [0, 0.1) is 0 Å². The molecule has 3 rings (SSSR count). The average Bonchev–Trinajstić information content (AvgIpc) is 3.18. The molecule has 0 bridgehead atoms. The van der Waals surface area contributed by atoms with Gasteiger partial charge in [0.25, 0.3) is 5.89 Å². The van der Waals surface area contributed by atoms with Gasteiger partial charge in [-0.3, -0.25) is 4.90 Å². The van der Waals surface area contributed by atoms with Gasteiger partial charge >= 0.3 is 0 Å². The molecule has 8 heteroatoms. The van der Waals surface area contributed by atoms with Crippen molar-refractivity contribution in [2.75, 3.05) is 7.05 Å². The molecule has 0 amide bonds. The largest absolute Gasteiger partial charge is 0.459 e. The molecule has 0 N–H and O–H groups in total. The highest BCUT2D eigenvalue weighted by molar-refractivity contribution is 5.42. The maximum absolute atomic E-state index is 5.60. The van der Waals surface area contributed by atoms with Crippen LogP contribution in [0.5, 0.6) is 0 Å². The standard InChI is InChI=1S/C14H18N6O2/c1-10(2)20-9-15-16-12(20)7-19(3)8-13-17-18-14(22-13)11-5-4-6-21-11/h4-6,9-10H,7-8H2,1-3H3. The summed E-state index contributed by atoms with van der Waals surface area (Å²) in [6.45, 7) is 5.37. The van der Waals surface area contributed by atoms with Crippen LogP contribution >= 0.6 is 0 Å². The fourth-order valence-electron chi connectivity index (χ4n) is 2.16. The number of hydrogen-bond acceptors (Lipinski definition) is 7. The summed E-state index contributed by atoms with van der Waals surface area (Å²) in [6, 6.07) is 3.89. The Bertz CT molecular complexity index is 715. The van der Waals surface area contributed by atoms with Crippen molar-refractivity contribution >= 4 is 0 Å². The second-order valence-corrected chi connectivity index (χ2v) is 5.40. The van der Waals surface area contributed by atoms with Crippen LogP contribution in [0.25, 0.3) is 11.7 Å². The smallest absolute Gasteiger partial charge is 0.283 e. The summed E-state index contributed by atoms with van der Waals surface area (Å²) in [7, 11) is 1.97. The minimum Gasteiger partial charge on any atom is -0.459 e. The number of nitrogens with zero attached hydrogens (tertiary/aromatic N) is 6. The van der Waals surface area contributed by atoms with Crippen molar-refractivity contribution in [3.63, 3.8) is 0 Å². The van der Waals surface area contributed by atoms with Gasteiger partial charge in [-0.25, -0.2) is 0 Å². The lowest BCUT2D eigenvalue weighted by Crippen LogP contribution is -2.20. The van der Waals surface area contributed by atoms with Gasteiger partial charge < -0.3 is 13.4 Å². The third-order valence-electron chi connectivity index (χ3n) is 3.22. The average molecular weight is 302 g/mol. The van der Waals surface area contributed by atoms with E-state index >= 15 is 0 Å². The molecule has 8 nitrogen and oxygen atoms in total. The molecule has 0 aliphatic carbocycles. The fraction of sp³-hybridized carbons (Fsp3) is 0.429. The van der Waals surface area contributed by atoms with Crippen LogP contribution in [0.4, 0.5) is 0 Å². The molecule has 3 aromatic heterocycles. The summed E-state index contributed by atoms with van der Waals surface area (Å²) in [5.41, 5.74) is 0. The van der Waals surface area contributed by atoms with Gasteiger partial charge in [-0.05, 0) is 33.0 Å². The SMILES string of the molecule is CC(C)n1cnnc1CN(C)Cc1nnc(-c2ccco2)o1. The summed E-state index contributed by atoms with van der Waals surface area (Å²) in [6.07, 6.45) is 3.32. The van der Waals surface area contributed by atoms with Crippen LogP contribution in [-0.2, 0) is 13.1 Å². The molecule has 0 atom stereocenters. The van der Waals surface area contributed by atoms with Crippen molar-refractivity contribution in [2.24, 2.45) is 0 Å². The first-order chi connectivity index (χ1) is 10.6. The summed E-state index contributed by atoms with van der Waals surface area (Å²) in [5, 5.41) is 16.1. The van der Waals surface area contributed by atoms with E-state index in [-0.39, 0.29) is 0 Å². The van der Waals surface area contributed by atoms with Crippen LogP contribution < -0.4 is 0 Å². The molecule has 0 fully saturated rings. The monoisotopic (exact) mass is 302 g/mol. The fourth-order valence-corrected chi connectivity index (χ4v) is 2.16. The Balaban J connectivity index is 1.64. The van der Waals surface area contributed by atoms with E-state index in [4.69, 9.17) is 8.83 Å². The Hall–Kier alpha value is -2.48. The van der Waals surface area contributed by atoms with E-state index in [1.165, 1.54) is 0 Å². The van der Waals surface area contributed by atoms with Crippen molar-refractivity contribution < 1.29 is 8.83 Å². The Morgan fingerprint density at radius 2 is 2.09 bits per heavy atom. The van der Waals surface area contributed by atoms with Crippen molar-refractivity contribution in [1.82, 2.24) is 29.9 Å². The lowest BCUT2D eigenvalue weighted by molar-refractivity contribution is 0.270. The van der Waals surface area contributed by atoms with Crippen molar-refractivity contribution in [3.05, 3.63) is 36.4 Å². The van der Waals surface area contributed by atoms with Gasteiger partial charge in [0.1, 0.15) is 12.2 Å². The quantitative estimate of drug-likeness (QED) is 0.689. The molecular weight excluding hydrogens is 284 g/mol. The van der Waals surface area contributed by atoms with Gasteiger partial charge in [0.2, 0.25) is 5.89 Å². The lowest BCUT2D eigenvalue weighted by atomic mass is 10.3. The van der Waals surface area contributed by atoms with Gasteiger partial charge in [-0.2, -0.15) is 0 Å². The van der Waals surface area contributed by atoms with E-state index in [0.29, 0.717) is 36.7 Å². The first kappa shape index (κ1) is 14.5. The summed E-state index contributed by atoms with van der Waals surface area (Å²) in [5.74, 6) is 2.40. The molecule has 0 spiro atoms. The number of hydrogen-bond donors (Lipinski definition) is 0. The van der Waals surface area contributed by atoms with Gasteiger partial charge in [0, 0.05) is 6.04 Å². The molecule has 0 aliphatic rings. The molecule has 116 valence electrons. The van der Waals surface area contributed by atoms with E-state index < -0.39 is 0 Å². The molecule has 22 heavy (non-hydrogen) atoms. The van der Waals surface area contributed by atoms with Gasteiger partial charge in [0.05, 0.1) is 19.4 Å². The highest BCUT2D eigenvalue weighted by atomic mass is 16.4. The Morgan fingerprint density at radius 3 is 2.82 bits per heavy atom. The molecule has 3 aromatic rings. The summed E-state index contributed by atoms with van der Waals surface area (Å²) >= 11 is 0. The normalized spacial score (nSPS) is 11.7. The van der Waals surface area contributed by atoms with E-state index in [9.17, 15) is 0 Å². The van der Waals surface area contributed by atoms with E-state index in [1.54, 1.807) is 24.7 Å². The number of furan rings is 1. The summed E-state index contributed by atoms with van der Waals surface area (Å²) < 4.78 is 12.9. The molecular formula is C14H18N6O2. The zero-order chi connectivity index (χ0) is 15.5. The van der Waals surface area contributed by atoms with Crippen molar-refractivity contribution in [2.45, 2.75) is 33.0 Å². The highest BCUT2D eigenvalue weighted by Gasteiger charge is 2.15. The van der Waals surface area contributed by atoms with Crippen molar-refractivity contribution in [1.29, 1.82) is 0 Å². The first-order valence-electron chi connectivity index (χ1n) is 7.06. The zero-order valence-corrected chi connectivity index (χ0v) is 12.8. The molecule has 0 unspecified atom stereocenters. The molecule has 0 saturated heterocycles. The molecule has 0 aromatic carbocycles. The van der Waals surface area contributed by atoms with Crippen LogP contribution in [0.15, 0.2) is 33.6 Å². The maximum Gasteiger partial charge on any atom is 0.283 e. The predicted molar refractivity (Wildman–Crippen MR) is 77.6 cm³/mol. The third-order valence-corrected chi connectivity index (χ3v) is 3.22. The van der Waals surface area contributed by atoms with Crippen molar-refractivity contribution in [3.8, 4) is 11.7 Å². The molecule has 0 saturated carbocycles. The van der Waals surface area contributed by atoms with E-state index in [2.05, 4.69) is 34.2 Å². The Morgan fingerprint density at radius 1 is 1.23 bits per heavy atom. The topological polar surface area (TPSA) is 86.0 Å². The molecule has 0 radical (unpaired) electrons. The Kier molecular flexibility index (Phi) is 4.01. The van der Waals surface area contributed by atoms with Crippen LogP contribution in [0.3, 0.4) is 0 Å².